The second-order valence-electron chi connectivity index (χ2n) is 6.30. The van der Waals surface area contributed by atoms with Crippen LogP contribution in [0, 0.1) is 0 Å². The molecule has 0 aliphatic carbocycles. The number of para-hydroxylation sites is 1. The molecule has 1 fully saturated rings. The first-order valence-corrected chi connectivity index (χ1v) is 8.61. The molecule has 1 aliphatic rings. The molecule has 0 radical (unpaired) electrons. The molecule has 2 aromatic carbocycles. The first-order valence-electron chi connectivity index (χ1n) is 8.61. The molecular formula is C20H24N2O3. The fourth-order valence-corrected chi connectivity index (χ4v) is 2.96. The molecule has 5 nitrogen and oxygen atoms in total. The van der Waals surface area contributed by atoms with Crippen molar-refractivity contribution in [2.75, 3.05) is 19.7 Å². The van der Waals surface area contributed by atoms with Crippen molar-refractivity contribution < 1.29 is 14.3 Å². The third-order valence-corrected chi connectivity index (χ3v) is 4.26. The van der Waals surface area contributed by atoms with Crippen LogP contribution < -0.4 is 15.2 Å². The minimum Gasteiger partial charge on any atom is -0.487 e. The minimum atomic E-state index is -0.472. The maximum absolute atomic E-state index is 10.8. The summed E-state index contributed by atoms with van der Waals surface area (Å²) in [5.41, 5.74) is 7.50. The van der Waals surface area contributed by atoms with E-state index < -0.39 is 5.91 Å². The normalized spacial score (nSPS) is 14.8. The number of hydrogen-bond acceptors (Lipinski definition) is 4. The maximum atomic E-state index is 10.8. The molecule has 0 aromatic heterocycles. The van der Waals surface area contributed by atoms with Crippen LogP contribution >= 0.6 is 0 Å². The number of rotatable bonds is 8. The lowest BCUT2D eigenvalue weighted by Crippen LogP contribution is -2.53. The average Bonchev–Trinajstić information content (AvgIpc) is 2.59. The highest BCUT2D eigenvalue weighted by atomic mass is 16.5. The van der Waals surface area contributed by atoms with E-state index in [4.69, 9.17) is 15.2 Å². The predicted octanol–water partition coefficient (Wildman–Crippen LogP) is 2.38. The molecule has 0 atom stereocenters. The monoisotopic (exact) mass is 340 g/mol. The van der Waals surface area contributed by atoms with Crippen molar-refractivity contribution in [3.63, 3.8) is 0 Å². The molecule has 132 valence electrons. The van der Waals surface area contributed by atoms with E-state index in [9.17, 15) is 4.79 Å². The standard InChI is InChI=1S/C20H24N2O3/c1-2-16-7-3-4-9-19(16)25-18-12-22(13-18)11-15-6-5-8-17(10-15)24-14-20(21)23/h3-10,18H,2,11-14H2,1H3,(H2,21,23). The topological polar surface area (TPSA) is 64.8 Å². The number of likely N-dealkylation sites (tertiary alicyclic amines) is 1. The Kier molecular flexibility index (Phi) is 5.56. The Hall–Kier alpha value is -2.53. The highest BCUT2D eigenvalue weighted by molar-refractivity contribution is 5.75. The molecule has 0 bridgehead atoms. The van der Waals surface area contributed by atoms with Gasteiger partial charge in [-0.05, 0) is 35.7 Å². The van der Waals surface area contributed by atoms with Crippen LogP contribution in [0.15, 0.2) is 48.5 Å². The highest BCUT2D eigenvalue weighted by Gasteiger charge is 2.28. The predicted molar refractivity (Wildman–Crippen MR) is 96.6 cm³/mol. The van der Waals surface area contributed by atoms with E-state index in [0.717, 1.165) is 37.4 Å². The Balaban J connectivity index is 1.49. The molecule has 0 saturated carbocycles. The number of carbonyl (C=O) groups excluding carboxylic acids is 1. The third-order valence-electron chi connectivity index (χ3n) is 4.26. The number of carbonyl (C=O) groups is 1. The van der Waals surface area contributed by atoms with Gasteiger partial charge in [0.1, 0.15) is 17.6 Å². The van der Waals surface area contributed by atoms with E-state index in [2.05, 4.69) is 24.0 Å². The van der Waals surface area contributed by atoms with E-state index in [1.165, 1.54) is 5.56 Å². The van der Waals surface area contributed by atoms with E-state index in [0.29, 0.717) is 5.75 Å². The second-order valence-corrected chi connectivity index (χ2v) is 6.30. The number of primary amides is 1. The summed E-state index contributed by atoms with van der Waals surface area (Å²) in [7, 11) is 0. The fraction of sp³-hybridized carbons (Fsp3) is 0.350. The Labute approximate surface area is 148 Å². The summed E-state index contributed by atoms with van der Waals surface area (Å²) >= 11 is 0. The summed E-state index contributed by atoms with van der Waals surface area (Å²) in [5, 5.41) is 0. The Morgan fingerprint density at radius 3 is 2.76 bits per heavy atom. The van der Waals surface area contributed by atoms with Gasteiger partial charge in [0.2, 0.25) is 0 Å². The van der Waals surface area contributed by atoms with E-state index in [1.54, 1.807) is 0 Å². The number of nitrogens with zero attached hydrogens (tertiary/aromatic N) is 1. The summed E-state index contributed by atoms with van der Waals surface area (Å²) in [6.07, 6.45) is 1.21. The van der Waals surface area contributed by atoms with Crippen molar-refractivity contribution in [2.45, 2.75) is 26.0 Å². The molecule has 0 spiro atoms. The van der Waals surface area contributed by atoms with Gasteiger partial charge in [0.05, 0.1) is 0 Å². The molecule has 3 rings (SSSR count). The lowest BCUT2D eigenvalue weighted by Gasteiger charge is -2.39. The van der Waals surface area contributed by atoms with Crippen LogP contribution in [-0.4, -0.2) is 36.6 Å². The molecule has 1 amide bonds. The molecule has 1 aliphatic heterocycles. The van der Waals surface area contributed by atoms with Crippen LogP contribution in [0.1, 0.15) is 18.1 Å². The van der Waals surface area contributed by atoms with Crippen LogP contribution in [0.25, 0.3) is 0 Å². The zero-order valence-corrected chi connectivity index (χ0v) is 14.5. The van der Waals surface area contributed by atoms with Gasteiger partial charge in [-0.2, -0.15) is 0 Å². The molecule has 1 saturated heterocycles. The molecular weight excluding hydrogens is 316 g/mol. The van der Waals surface area contributed by atoms with Crippen molar-refractivity contribution in [2.24, 2.45) is 5.73 Å². The number of benzene rings is 2. The molecule has 2 N–H and O–H groups in total. The molecule has 0 unspecified atom stereocenters. The number of amides is 1. The molecule has 2 aromatic rings. The van der Waals surface area contributed by atoms with Gasteiger partial charge in [-0.15, -0.1) is 0 Å². The Bertz CT molecular complexity index is 726. The smallest absolute Gasteiger partial charge is 0.255 e. The summed E-state index contributed by atoms with van der Waals surface area (Å²) in [6.45, 7) is 4.69. The van der Waals surface area contributed by atoms with Crippen LogP contribution in [0.2, 0.25) is 0 Å². The first kappa shape index (κ1) is 17.3. The summed E-state index contributed by atoms with van der Waals surface area (Å²) < 4.78 is 11.5. The van der Waals surface area contributed by atoms with E-state index in [-0.39, 0.29) is 12.7 Å². The Morgan fingerprint density at radius 1 is 1.20 bits per heavy atom. The number of ether oxygens (including phenoxy) is 2. The van der Waals surface area contributed by atoms with Gasteiger partial charge in [-0.25, -0.2) is 0 Å². The minimum absolute atomic E-state index is 0.0973. The van der Waals surface area contributed by atoms with Gasteiger partial charge in [-0.1, -0.05) is 37.3 Å². The Morgan fingerprint density at radius 2 is 2.00 bits per heavy atom. The van der Waals surface area contributed by atoms with Gasteiger partial charge in [0.15, 0.2) is 6.61 Å². The van der Waals surface area contributed by atoms with Crippen molar-refractivity contribution >= 4 is 5.91 Å². The molecule has 5 heteroatoms. The number of aryl methyl sites for hydroxylation is 1. The zero-order chi connectivity index (χ0) is 17.6. The maximum Gasteiger partial charge on any atom is 0.255 e. The van der Waals surface area contributed by atoms with Crippen LogP contribution in [0.3, 0.4) is 0 Å². The molecule has 1 heterocycles. The zero-order valence-electron chi connectivity index (χ0n) is 14.5. The molecule has 25 heavy (non-hydrogen) atoms. The number of hydrogen-bond donors (Lipinski definition) is 1. The summed E-state index contributed by atoms with van der Waals surface area (Å²) in [6, 6.07) is 16.0. The fourth-order valence-electron chi connectivity index (χ4n) is 2.96. The van der Waals surface area contributed by atoms with Gasteiger partial charge in [0.25, 0.3) is 5.91 Å². The van der Waals surface area contributed by atoms with Crippen LogP contribution in [0.4, 0.5) is 0 Å². The van der Waals surface area contributed by atoms with Gasteiger partial charge in [0, 0.05) is 19.6 Å². The summed E-state index contributed by atoms with van der Waals surface area (Å²) in [5.74, 6) is 1.19. The van der Waals surface area contributed by atoms with Crippen molar-refractivity contribution in [1.82, 2.24) is 4.90 Å². The number of nitrogens with two attached hydrogens (primary N) is 1. The van der Waals surface area contributed by atoms with Gasteiger partial charge in [-0.3, -0.25) is 9.69 Å². The van der Waals surface area contributed by atoms with Crippen molar-refractivity contribution in [3.05, 3.63) is 59.7 Å². The average molecular weight is 340 g/mol. The third kappa shape index (κ3) is 4.73. The summed E-state index contributed by atoms with van der Waals surface area (Å²) in [4.78, 5) is 13.1. The lowest BCUT2D eigenvalue weighted by atomic mass is 10.1. The largest absolute Gasteiger partial charge is 0.487 e. The lowest BCUT2D eigenvalue weighted by molar-refractivity contribution is -0.119. The van der Waals surface area contributed by atoms with Crippen molar-refractivity contribution in [3.8, 4) is 11.5 Å². The van der Waals surface area contributed by atoms with E-state index >= 15 is 0 Å². The first-order chi connectivity index (χ1) is 12.1. The SMILES string of the molecule is CCc1ccccc1OC1CN(Cc2cccc(OCC(N)=O)c2)C1. The van der Waals surface area contributed by atoms with E-state index in [1.807, 2.05) is 36.4 Å². The second kappa shape index (κ2) is 8.03. The van der Waals surface area contributed by atoms with Crippen LogP contribution in [-0.2, 0) is 17.8 Å². The quantitative estimate of drug-likeness (QED) is 0.801. The van der Waals surface area contributed by atoms with Crippen LogP contribution in [0.5, 0.6) is 11.5 Å². The van der Waals surface area contributed by atoms with Gasteiger partial charge >= 0.3 is 0 Å². The van der Waals surface area contributed by atoms with Gasteiger partial charge < -0.3 is 15.2 Å². The highest BCUT2D eigenvalue weighted by Crippen LogP contribution is 2.24. The van der Waals surface area contributed by atoms with Crippen molar-refractivity contribution in [1.29, 1.82) is 0 Å².